The molecule has 6 rings (SSSR count). The van der Waals surface area contributed by atoms with Crippen molar-refractivity contribution in [1.82, 2.24) is 0 Å². The number of hydrogen-bond donors (Lipinski definition) is 0. The Labute approximate surface area is 328 Å². The topological polar surface area (TPSA) is 0 Å². The van der Waals surface area contributed by atoms with Crippen LogP contribution in [0.25, 0.3) is 43.8 Å². The number of fused-ring (bicyclic) bond motifs is 2. The molecule has 0 saturated heterocycles. The summed E-state index contributed by atoms with van der Waals surface area (Å²) in [4.78, 5) is 0. The molecule has 2 radical (unpaired) electrons. The van der Waals surface area contributed by atoms with Crippen molar-refractivity contribution in [3.05, 3.63) is 146 Å². The molecule has 4 heteroatoms. The van der Waals surface area contributed by atoms with Crippen molar-refractivity contribution in [1.29, 1.82) is 0 Å². The van der Waals surface area contributed by atoms with Crippen molar-refractivity contribution in [3.63, 3.8) is 0 Å². The monoisotopic (exact) mass is 784 g/mol. The van der Waals surface area contributed by atoms with E-state index in [0.717, 1.165) is 6.42 Å². The Kier molecular flexibility index (Phi) is 19.1. The van der Waals surface area contributed by atoms with Crippen molar-refractivity contribution in [3.8, 4) is 22.3 Å². The molecule has 0 aliphatic carbocycles. The summed E-state index contributed by atoms with van der Waals surface area (Å²) >= 11 is 1.36. The van der Waals surface area contributed by atoms with Gasteiger partial charge in [0.15, 0.2) is 0 Å². The summed E-state index contributed by atoms with van der Waals surface area (Å²) in [6.45, 7) is 23.3. The van der Waals surface area contributed by atoms with Crippen LogP contribution in [0.1, 0.15) is 90.5 Å². The molecule has 0 fully saturated rings. The molecule has 0 amide bonds. The van der Waals surface area contributed by atoms with E-state index in [4.69, 9.17) is 0 Å². The second-order valence-electron chi connectivity index (χ2n) is 14.4. The van der Waals surface area contributed by atoms with Crippen LogP contribution in [0.3, 0.4) is 0 Å². The van der Waals surface area contributed by atoms with Crippen LogP contribution < -0.4 is 0 Å². The summed E-state index contributed by atoms with van der Waals surface area (Å²) in [7, 11) is 0. The van der Waals surface area contributed by atoms with Crippen LogP contribution in [0.5, 0.6) is 0 Å². The quantitative estimate of drug-likeness (QED) is 0.123. The number of benzene rings is 4. The number of rotatable bonds is 4. The van der Waals surface area contributed by atoms with Crippen LogP contribution in [0.2, 0.25) is 0 Å². The Balaban J connectivity index is 0.000000831. The zero-order chi connectivity index (χ0) is 32.9. The fourth-order valence-corrected chi connectivity index (χ4v) is 5.90. The zero-order valence-electron chi connectivity index (χ0n) is 31.5. The first-order valence-electron chi connectivity index (χ1n) is 16.2. The van der Waals surface area contributed by atoms with E-state index in [9.17, 15) is 0 Å². The maximum atomic E-state index is 3.06. The Morgan fingerprint density at radius 3 is 1.35 bits per heavy atom. The van der Waals surface area contributed by atoms with E-state index in [1.807, 2.05) is 0 Å². The Hall–Kier alpha value is -2.22. The van der Waals surface area contributed by atoms with Gasteiger partial charge in [0.1, 0.15) is 0 Å². The fourth-order valence-electron chi connectivity index (χ4n) is 5.90. The van der Waals surface area contributed by atoms with Crippen molar-refractivity contribution in [2.45, 2.75) is 85.5 Å². The molecule has 0 saturated carbocycles. The van der Waals surface area contributed by atoms with Crippen LogP contribution in [0, 0.1) is 14.9 Å². The van der Waals surface area contributed by atoms with Crippen molar-refractivity contribution < 1.29 is 23.3 Å². The van der Waals surface area contributed by atoms with Gasteiger partial charge in [-0.15, -0.1) is 93.9 Å². The summed E-state index contributed by atoms with van der Waals surface area (Å²) < 4.78 is 0. The molecule has 0 bridgehead atoms. The Bertz CT molecular complexity index is 1840. The molecule has 6 aromatic carbocycles. The van der Waals surface area contributed by atoms with Crippen LogP contribution in [-0.4, -0.2) is 6.88 Å². The molecule has 0 aliphatic heterocycles. The molecule has 0 spiro atoms. The van der Waals surface area contributed by atoms with Crippen molar-refractivity contribution in [2.24, 2.45) is 0 Å². The van der Waals surface area contributed by atoms with E-state index in [0.29, 0.717) is 5.92 Å². The van der Waals surface area contributed by atoms with Gasteiger partial charge in [0, 0.05) is 0 Å². The molecule has 49 heavy (non-hydrogen) atoms. The molecule has 0 N–H and O–H groups in total. The summed E-state index contributed by atoms with van der Waals surface area (Å²) in [6, 6.07) is 40.6. The summed E-state index contributed by atoms with van der Waals surface area (Å²) in [6.07, 6.45) is 1.09. The normalized spacial score (nSPS) is 10.7. The first kappa shape index (κ1) is 46.8. The van der Waals surface area contributed by atoms with Gasteiger partial charge in [-0.2, -0.15) is 12.1 Å². The predicted octanol–water partition coefficient (Wildman–Crippen LogP) is 14.1. The van der Waals surface area contributed by atoms with Crippen LogP contribution in [0.15, 0.2) is 109 Å². The van der Waals surface area contributed by atoms with E-state index in [-0.39, 0.29) is 50.5 Å². The summed E-state index contributed by atoms with van der Waals surface area (Å²) in [5.41, 5.74) is 11.3. The minimum atomic E-state index is 0. The minimum absolute atomic E-state index is 0. The van der Waals surface area contributed by atoms with Crippen LogP contribution in [-0.2, 0) is 40.6 Å². The van der Waals surface area contributed by atoms with E-state index in [1.54, 1.807) is 0 Å². The number of aryl methyl sites for hydroxylation is 1. The Morgan fingerprint density at radius 2 is 0.980 bits per heavy atom. The fraction of sp³-hybridized carbons (Fsp3) is 0.289. The molecule has 0 atom stereocenters. The van der Waals surface area contributed by atoms with Gasteiger partial charge >= 0.3 is 30.2 Å². The van der Waals surface area contributed by atoms with Crippen molar-refractivity contribution in [2.75, 3.05) is 0 Å². The van der Waals surface area contributed by atoms with Gasteiger partial charge in [-0.25, -0.2) is 0 Å². The van der Waals surface area contributed by atoms with Gasteiger partial charge in [0.25, 0.3) is 0 Å². The summed E-state index contributed by atoms with van der Waals surface area (Å²) in [5.74, 6) is 0.573. The van der Waals surface area contributed by atoms with E-state index in [2.05, 4.69) is 178 Å². The van der Waals surface area contributed by atoms with Gasteiger partial charge in [-0.1, -0.05) is 134 Å². The molecule has 0 nitrogen and oxygen atoms in total. The molecular weight excluding hydrogens is 731 g/mol. The molecule has 0 aliphatic rings. The molecular formula is C45H56Cl2SiZr-4. The maximum absolute atomic E-state index is 3.06. The predicted molar refractivity (Wildman–Crippen MR) is 224 cm³/mol. The molecule has 0 unspecified atom stereocenters. The number of hydrogen-bond acceptors (Lipinski definition) is 0. The third-order valence-electron chi connectivity index (χ3n) is 8.78. The zero-order valence-corrected chi connectivity index (χ0v) is 36.6. The second-order valence-corrected chi connectivity index (χ2v) is 14.4. The average Bonchev–Trinajstić information content (AvgIpc) is 3.66. The van der Waals surface area contributed by atoms with Crippen molar-refractivity contribution >= 4 is 53.2 Å². The van der Waals surface area contributed by atoms with Gasteiger partial charge in [-0.05, 0) is 45.4 Å². The second kappa shape index (κ2) is 20.0. The SMILES string of the molecule is CC(C)c1cc2c(-c3ccc(C(C)(C)C)cc3)cccc2[cH-]1.CCc1cc2c(-c3ccc(C(C)(C)C)cc3)cccc2[cH-]1.Cl.Cl.[CH3-].[CH3-].[Si]=[Zr]. The third kappa shape index (κ3) is 11.4. The standard InChI is InChI=1S/C22H25.C21H23.2CH3.2ClH.Si.Zr/c1-15(2)18-13-17-7-6-8-20(21(17)14-18)16-9-11-19(12-10-16)22(3,4)5;1-5-15-13-17-7-6-8-19(20(17)14-15)16-9-11-18(12-10-16)21(2,3)4;;;;;;/h6-15H,1-5H3;6-14H,5H2,1-4H3;2*1H3;2*1H;;/q4*-1;;;;. The third-order valence-corrected chi connectivity index (χ3v) is 8.78. The first-order valence-corrected chi connectivity index (χ1v) is 20.4. The first-order chi connectivity index (χ1) is 21.3. The van der Waals surface area contributed by atoms with Crippen LogP contribution in [0.4, 0.5) is 0 Å². The van der Waals surface area contributed by atoms with E-state index in [1.165, 1.54) is 89.4 Å². The molecule has 262 valence electrons. The van der Waals surface area contributed by atoms with Gasteiger partial charge in [0.05, 0.1) is 0 Å². The van der Waals surface area contributed by atoms with Gasteiger partial charge in [0.2, 0.25) is 0 Å². The van der Waals surface area contributed by atoms with Gasteiger partial charge in [-0.3, -0.25) is 0 Å². The molecule has 0 heterocycles. The molecule has 0 aromatic heterocycles. The van der Waals surface area contributed by atoms with E-state index < -0.39 is 0 Å². The average molecular weight is 787 g/mol. The van der Waals surface area contributed by atoms with Crippen LogP contribution >= 0.6 is 24.8 Å². The van der Waals surface area contributed by atoms with Gasteiger partial charge < -0.3 is 14.9 Å². The number of halogens is 2. The van der Waals surface area contributed by atoms with E-state index >= 15 is 0 Å². The molecule has 6 aromatic rings. The summed E-state index contributed by atoms with van der Waals surface area (Å²) in [5, 5.41) is 5.44. The Morgan fingerprint density at radius 1 is 0.592 bits per heavy atom.